The Hall–Kier alpha value is -2.47. The summed E-state index contributed by atoms with van der Waals surface area (Å²) in [5.74, 6) is 2.41. The quantitative estimate of drug-likeness (QED) is 0.405. The van der Waals surface area contributed by atoms with Crippen LogP contribution >= 0.6 is 24.0 Å². The molecule has 0 fully saturated rings. The zero-order valence-electron chi connectivity index (χ0n) is 15.4. The minimum atomic E-state index is 0. The molecular formula is C20H23IN4O2. The van der Waals surface area contributed by atoms with Gasteiger partial charge in [0.1, 0.15) is 0 Å². The van der Waals surface area contributed by atoms with E-state index in [9.17, 15) is 0 Å². The van der Waals surface area contributed by atoms with Gasteiger partial charge < -0.3 is 19.7 Å². The molecule has 1 heterocycles. The van der Waals surface area contributed by atoms with Gasteiger partial charge in [0, 0.05) is 20.1 Å². The summed E-state index contributed by atoms with van der Waals surface area (Å²) in [4.78, 5) is 6.77. The summed E-state index contributed by atoms with van der Waals surface area (Å²) < 4.78 is 10.8. The smallest absolute Gasteiger partial charge is 0.231 e. The molecule has 1 N–H and O–H groups in total. The van der Waals surface area contributed by atoms with E-state index in [1.54, 1.807) is 0 Å². The standard InChI is InChI=1S/C20H22N4O2.HI/c1-3-22-20(23-12-16-6-4-15(11-21)5-7-16)24(2)13-17-8-9-18-19(10-17)26-14-25-18;/h4-10H,3,12-14H2,1-2H3,(H,22,23);1H. The van der Waals surface area contributed by atoms with Crippen molar-refractivity contribution in [1.29, 1.82) is 5.26 Å². The molecule has 2 aromatic rings. The van der Waals surface area contributed by atoms with Crippen molar-refractivity contribution in [3.05, 3.63) is 59.2 Å². The highest BCUT2D eigenvalue weighted by Gasteiger charge is 2.14. The summed E-state index contributed by atoms with van der Waals surface area (Å²) in [5.41, 5.74) is 2.85. The molecule has 3 rings (SSSR count). The number of nitrogens with zero attached hydrogens (tertiary/aromatic N) is 3. The summed E-state index contributed by atoms with van der Waals surface area (Å²) in [5, 5.41) is 12.2. The Balaban J connectivity index is 0.00000261. The van der Waals surface area contributed by atoms with Gasteiger partial charge in [-0.1, -0.05) is 18.2 Å². The number of aliphatic imine (C=N–C) groups is 1. The molecule has 27 heavy (non-hydrogen) atoms. The summed E-state index contributed by atoms with van der Waals surface area (Å²) >= 11 is 0. The number of halogens is 1. The molecule has 1 aliphatic heterocycles. The fourth-order valence-electron chi connectivity index (χ4n) is 2.71. The number of fused-ring (bicyclic) bond motifs is 1. The Bertz CT molecular complexity index is 831. The van der Waals surface area contributed by atoms with E-state index in [1.807, 2.05) is 56.4 Å². The maximum absolute atomic E-state index is 8.88. The molecule has 0 atom stereocenters. The Kier molecular flexibility index (Phi) is 7.73. The third kappa shape index (κ3) is 5.50. The number of rotatable bonds is 5. The first-order valence-corrected chi connectivity index (χ1v) is 8.56. The molecule has 0 bridgehead atoms. The van der Waals surface area contributed by atoms with Crippen molar-refractivity contribution in [2.75, 3.05) is 20.4 Å². The van der Waals surface area contributed by atoms with Gasteiger partial charge >= 0.3 is 0 Å². The van der Waals surface area contributed by atoms with Gasteiger partial charge in [-0.2, -0.15) is 5.26 Å². The number of ether oxygens (including phenoxy) is 2. The summed E-state index contributed by atoms with van der Waals surface area (Å²) in [6.45, 7) is 4.38. The third-order valence-electron chi connectivity index (χ3n) is 4.05. The Labute approximate surface area is 176 Å². The number of hydrogen-bond acceptors (Lipinski definition) is 4. The van der Waals surface area contributed by atoms with Crippen LogP contribution in [-0.2, 0) is 13.1 Å². The van der Waals surface area contributed by atoms with Gasteiger partial charge in [-0.15, -0.1) is 24.0 Å². The van der Waals surface area contributed by atoms with Gasteiger partial charge in [0.25, 0.3) is 0 Å². The normalized spacial score (nSPS) is 12.1. The van der Waals surface area contributed by atoms with E-state index < -0.39 is 0 Å². The first-order chi connectivity index (χ1) is 12.7. The predicted octanol–water partition coefficient (Wildman–Crippen LogP) is 3.50. The van der Waals surface area contributed by atoms with Gasteiger partial charge in [-0.05, 0) is 42.3 Å². The molecule has 0 radical (unpaired) electrons. The minimum absolute atomic E-state index is 0. The van der Waals surface area contributed by atoms with E-state index in [4.69, 9.17) is 19.7 Å². The van der Waals surface area contributed by atoms with Crippen LogP contribution in [0.1, 0.15) is 23.6 Å². The average molecular weight is 478 g/mol. The van der Waals surface area contributed by atoms with Crippen molar-refractivity contribution >= 4 is 29.9 Å². The van der Waals surface area contributed by atoms with Crippen LogP contribution in [0.15, 0.2) is 47.5 Å². The maximum Gasteiger partial charge on any atom is 0.231 e. The highest BCUT2D eigenvalue weighted by atomic mass is 127. The van der Waals surface area contributed by atoms with Gasteiger partial charge in [0.2, 0.25) is 6.79 Å². The molecule has 6 nitrogen and oxygen atoms in total. The van der Waals surface area contributed by atoms with Crippen LogP contribution in [0.3, 0.4) is 0 Å². The molecule has 2 aromatic carbocycles. The van der Waals surface area contributed by atoms with Gasteiger partial charge in [0.15, 0.2) is 17.5 Å². The molecule has 0 saturated heterocycles. The highest BCUT2D eigenvalue weighted by molar-refractivity contribution is 14.0. The lowest BCUT2D eigenvalue weighted by molar-refractivity contribution is 0.174. The number of nitriles is 1. The van der Waals surface area contributed by atoms with Gasteiger partial charge in [-0.3, -0.25) is 0 Å². The molecule has 0 spiro atoms. The zero-order valence-corrected chi connectivity index (χ0v) is 17.8. The van der Waals surface area contributed by atoms with Crippen LogP contribution in [-0.4, -0.2) is 31.2 Å². The summed E-state index contributed by atoms with van der Waals surface area (Å²) in [6, 6.07) is 15.6. The average Bonchev–Trinajstić information content (AvgIpc) is 3.13. The number of nitrogens with one attached hydrogen (secondary N) is 1. The van der Waals surface area contributed by atoms with E-state index in [0.717, 1.165) is 35.1 Å². The SMILES string of the molecule is CCNC(=NCc1ccc(C#N)cc1)N(C)Cc1ccc2c(c1)OCO2.I. The topological polar surface area (TPSA) is 69.9 Å². The van der Waals surface area contributed by atoms with Crippen molar-refractivity contribution in [3.8, 4) is 17.6 Å². The Morgan fingerprint density at radius 1 is 1.15 bits per heavy atom. The lowest BCUT2D eigenvalue weighted by atomic mass is 10.1. The number of hydrogen-bond donors (Lipinski definition) is 1. The zero-order chi connectivity index (χ0) is 18.4. The first-order valence-electron chi connectivity index (χ1n) is 8.56. The van der Waals surface area contributed by atoms with Crippen LogP contribution in [0, 0.1) is 11.3 Å². The summed E-state index contributed by atoms with van der Waals surface area (Å²) in [7, 11) is 2.00. The lowest BCUT2D eigenvalue weighted by Crippen LogP contribution is -2.38. The molecular weight excluding hydrogens is 455 g/mol. The third-order valence-corrected chi connectivity index (χ3v) is 4.05. The Morgan fingerprint density at radius 3 is 2.56 bits per heavy atom. The van der Waals surface area contributed by atoms with Crippen molar-refractivity contribution in [3.63, 3.8) is 0 Å². The van der Waals surface area contributed by atoms with Crippen molar-refractivity contribution < 1.29 is 9.47 Å². The van der Waals surface area contributed by atoms with E-state index >= 15 is 0 Å². The molecule has 0 aliphatic carbocycles. The van der Waals surface area contributed by atoms with Crippen LogP contribution in [0.2, 0.25) is 0 Å². The largest absolute Gasteiger partial charge is 0.454 e. The second kappa shape index (κ2) is 10.0. The van der Waals surface area contributed by atoms with E-state index in [2.05, 4.69) is 16.3 Å². The molecule has 142 valence electrons. The predicted molar refractivity (Wildman–Crippen MR) is 115 cm³/mol. The second-order valence-electron chi connectivity index (χ2n) is 6.02. The van der Waals surface area contributed by atoms with E-state index in [-0.39, 0.29) is 30.8 Å². The van der Waals surface area contributed by atoms with Crippen LogP contribution < -0.4 is 14.8 Å². The monoisotopic (exact) mass is 478 g/mol. The lowest BCUT2D eigenvalue weighted by Gasteiger charge is -2.22. The van der Waals surface area contributed by atoms with Crippen LogP contribution in [0.5, 0.6) is 11.5 Å². The van der Waals surface area contributed by atoms with Gasteiger partial charge in [0.05, 0.1) is 18.2 Å². The van der Waals surface area contributed by atoms with Crippen molar-refractivity contribution in [2.45, 2.75) is 20.0 Å². The molecule has 0 aromatic heterocycles. The number of benzene rings is 2. The molecule has 1 aliphatic rings. The van der Waals surface area contributed by atoms with Crippen molar-refractivity contribution in [2.24, 2.45) is 4.99 Å². The van der Waals surface area contributed by atoms with Gasteiger partial charge in [-0.25, -0.2) is 4.99 Å². The highest BCUT2D eigenvalue weighted by Crippen LogP contribution is 2.32. The fourth-order valence-corrected chi connectivity index (χ4v) is 2.71. The molecule has 0 unspecified atom stereocenters. The Morgan fingerprint density at radius 2 is 1.85 bits per heavy atom. The van der Waals surface area contributed by atoms with E-state index in [0.29, 0.717) is 18.7 Å². The van der Waals surface area contributed by atoms with Crippen LogP contribution in [0.25, 0.3) is 0 Å². The minimum Gasteiger partial charge on any atom is -0.454 e. The molecule has 0 saturated carbocycles. The second-order valence-corrected chi connectivity index (χ2v) is 6.02. The van der Waals surface area contributed by atoms with E-state index in [1.165, 1.54) is 0 Å². The first kappa shape index (κ1) is 20.8. The van der Waals surface area contributed by atoms with Crippen molar-refractivity contribution in [1.82, 2.24) is 10.2 Å². The summed E-state index contributed by atoms with van der Waals surface area (Å²) in [6.07, 6.45) is 0. The maximum atomic E-state index is 8.88. The fraction of sp³-hybridized carbons (Fsp3) is 0.300. The molecule has 7 heteroatoms. The van der Waals surface area contributed by atoms with Crippen LogP contribution in [0.4, 0.5) is 0 Å². The number of guanidine groups is 1. The molecule has 0 amide bonds.